The van der Waals surface area contributed by atoms with Crippen LogP contribution in [0.2, 0.25) is 5.02 Å². The van der Waals surface area contributed by atoms with Crippen LogP contribution in [0.5, 0.6) is 0 Å². The van der Waals surface area contributed by atoms with E-state index in [0.29, 0.717) is 31.5 Å². The lowest BCUT2D eigenvalue weighted by atomic mass is 9.77. The molecule has 2 aromatic carbocycles. The molecule has 2 aliphatic rings. The molecule has 2 amide bonds. The number of anilines is 1. The first-order chi connectivity index (χ1) is 17.8. The van der Waals surface area contributed by atoms with Crippen molar-refractivity contribution in [2.24, 2.45) is 11.8 Å². The van der Waals surface area contributed by atoms with Gasteiger partial charge in [0.05, 0.1) is 20.8 Å². The first-order valence-corrected chi connectivity index (χ1v) is 13.9. The van der Waals surface area contributed by atoms with Crippen LogP contribution in [0.3, 0.4) is 0 Å². The summed E-state index contributed by atoms with van der Waals surface area (Å²) in [5.41, 5.74) is -1.87. The van der Waals surface area contributed by atoms with Gasteiger partial charge in [-0.2, -0.15) is 0 Å². The van der Waals surface area contributed by atoms with Gasteiger partial charge in [0.25, 0.3) is 5.91 Å². The third-order valence-electron chi connectivity index (χ3n) is 7.01. The first kappa shape index (κ1) is 28.2. The Hall–Kier alpha value is -2.83. The van der Waals surface area contributed by atoms with Gasteiger partial charge in [-0.3, -0.25) is 4.79 Å². The predicted octanol–water partition coefficient (Wildman–Crippen LogP) is 4.45. The van der Waals surface area contributed by atoms with E-state index in [1.54, 1.807) is 6.92 Å². The number of sulfone groups is 1. The fraction of sp³-hybridized carbons (Fsp3) is 0.440. The summed E-state index contributed by atoms with van der Waals surface area (Å²) in [7, 11) is -4.08. The Kier molecular flexibility index (Phi) is 7.96. The molecule has 0 aliphatic heterocycles. The van der Waals surface area contributed by atoms with Crippen LogP contribution in [-0.4, -0.2) is 49.5 Å². The van der Waals surface area contributed by atoms with Gasteiger partial charge >= 0.3 is 6.09 Å². The summed E-state index contributed by atoms with van der Waals surface area (Å²) in [4.78, 5) is 24.1. The second kappa shape index (κ2) is 10.7. The van der Waals surface area contributed by atoms with Crippen molar-refractivity contribution in [2.75, 3.05) is 18.5 Å². The van der Waals surface area contributed by atoms with Crippen LogP contribution < -0.4 is 10.6 Å². The molecule has 38 heavy (non-hydrogen) atoms. The van der Waals surface area contributed by atoms with E-state index in [9.17, 15) is 36.3 Å². The van der Waals surface area contributed by atoms with Gasteiger partial charge in [-0.25, -0.2) is 26.4 Å². The van der Waals surface area contributed by atoms with Crippen molar-refractivity contribution in [3.8, 4) is 0 Å². The van der Waals surface area contributed by atoms with E-state index < -0.39 is 62.0 Å². The van der Waals surface area contributed by atoms with E-state index in [2.05, 4.69) is 10.6 Å². The molecular formula is C25H26ClF3N2O6S. The zero-order valence-electron chi connectivity index (χ0n) is 20.3. The molecule has 2 aliphatic carbocycles. The monoisotopic (exact) mass is 574 g/mol. The Bertz CT molecular complexity index is 1340. The highest BCUT2D eigenvalue weighted by molar-refractivity contribution is 7.92. The lowest BCUT2D eigenvalue weighted by molar-refractivity contribution is -0.0634. The predicted molar refractivity (Wildman–Crippen MR) is 132 cm³/mol. The maximum absolute atomic E-state index is 13.8. The molecule has 2 unspecified atom stereocenters. The minimum Gasteiger partial charge on any atom is -0.446 e. The van der Waals surface area contributed by atoms with Gasteiger partial charge in [0.15, 0.2) is 27.3 Å². The summed E-state index contributed by atoms with van der Waals surface area (Å²) in [5.74, 6) is -6.42. The smallest absolute Gasteiger partial charge is 0.407 e. The number of carbonyl (C=O) groups excluding carboxylic acids is 2. The van der Waals surface area contributed by atoms with Crippen LogP contribution in [-0.2, 0) is 14.6 Å². The van der Waals surface area contributed by atoms with Crippen molar-refractivity contribution in [1.82, 2.24) is 5.32 Å². The number of fused-ring (bicyclic) bond motifs is 2. The van der Waals surface area contributed by atoms with E-state index in [1.165, 1.54) is 12.1 Å². The van der Waals surface area contributed by atoms with Crippen molar-refractivity contribution >= 4 is 39.1 Å². The SMILES string of the molecule is CCNC(=O)OCC1(O)CC2CCC(C1)C2S(=O)(=O)c1cc(C(=O)Nc2cc(F)c(F)c(F)c2)ccc1Cl. The van der Waals surface area contributed by atoms with Gasteiger partial charge in [-0.1, -0.05) is 11.6 Å². The van der Waals surface area contributed by atoms with Crippen LogP contribution in [0, 0.1) is 29.3 Å². The Morgan fingerprint density at radius 2 is 1.71 bits per heavy atom. The molecule has 2 fully saturated rings. The number of alkyl carbamates (subject to hydrolysis) is 1. The molecule has 13 heteroatoms. The summed E-state index contributed by atoms with van der Waals surface area (Å²) < 4.78 is 72.9. The molecule has 2 saturated carbocycles. The Morgan fingerprint density at radius 3 is 2.29 bits per heavy atom. The normalized spacial score (nSPS) is 24.6. The lowest BCUT2D eigenvalue weighted by Crippen LogP contribution is -2.49. The third kappa shape index (κ3) is 5.62. The molecule has 2 atom stereocenters. The van der Waals surface area contributed by atoms with Crippen LogP contribution in [0.25, 0.3) is 0 Å². The molecule has 8 nitrogen and oxygen atoms in total. The number of hydrogen-bond donors (Lipinski definition) is 3. The molecule has 0 saturated heterocycles. The number of benzene rings is 2. The average Bonchev–Trinajstić information content (AvgIpc) is 3.15. The Morgan fingerprint density at radius 1 is 1.11 bits per heavy atom. The van der Waals surface area contributed by atoms with Crippen molar-refractivity contribution in [3.63, 3.8) is 0 Å². The van der Waals surface area contributed by atoms with Gasteiger partial charge < -0.3 is 20.5 Å². The van der Waals surface area contributed by atoms with Crippen LogP contribution in [0.1, 0.15) is 43.0 Å². The standard InChI is InChI=1S/C25H26ClF3N2O6S/c1-2-30-24(33)37-12-25(34)10-14-3-4-15(11-25)22(14)38(35,36)20-7-13(5-6-17(20)26)23(32)31-16-8-18(27)21(29)19(28)9-16/h5-9,14-15,22,34H,2-4,10-12H2,1H3,(H,30,33)(H,31,32). The second-order valence-electron chi connectivity index (χ2n) is 9.70. The summed E-state index contributed by atoms with van der Waals surface area (Å²) in [6.07, 6.45) is 0.615. The van der Waals surface area contributed by atoms with Gasteiger partial charge in [-0.15, -0.1) is 0 Å². The molecule has 206 valence electrons. The fourth-order valence-electron chi connectivity index (χ4n) is 5.50. The largest absolute Gasteiger partial charge is 0.446 e. The fourth-order valence-corrected chi connectivity index (χ4v) is 8.34. The van der Waals surface area contributed by atoms with Crippen LogP contribution in [0.4, 0.5) is 23.7 Å². The lowest BCUT2D eigenvalue weighted by Gasteiger charge is -2.40. The molecule has 4 rings (SSSR count). The molecule has 2 bridgehead atoms. The summed E-state index contributed by atoms with van der Waals surface area (Å²) in [6, 6.07) is 4.76. The number of ether oxygens (including phenoxy) is 1. The highest BCUT2D eigenvalue weighted by Crippen LogP contribution is 2.51. The van der Waals surface area contributed by atoms with Gasteiger partial charge in [-0.05, 0) is 62.6 Å². The highest BCUT2D eigenvalue weighted by Gasteiger charge is 2.54. The van der Waals surface area contributed by atoms with E-state index in [-0.39, 0.29) is 40.6 Å². The molecule has 3 N–H and O–H groups in total. The zero-order chi connectivity index (χ0) is 27.8. The molecule has 0 aromatic heterocycles. The second-order valence-corrected chi connectivity index (χ2v) is 12.2. The van der Waals surface area contributed by atoms with Crippen molar-refractivity contribution in [2.45, 2.75) is 48.4 Å². The molecule has 0 spiro atoms. The van der Waals surface area contributed by atoms with Gasteiger partial charge in [0, 0.05) is 29.9 Å². The molecule has 2 aromatic rings. The van der Waals surface area contributed by atoms with E-state index in [1.807, 2.05) is 0 Å². The minimum atomic E-state index is -4.08. The van der Waals surface area contributed by atoms with Gasteiger partial charge in [0.2, 0.25) is 0 Å². The number of amides is 2. The Labute approximate surface area is 222 Å². The number of hydrogen-bond acceptors (Lipinski definition) is 6. The van der Waals surface area contributed by atoms with E-state index in [4.69, 9.17) is 16.3 Å². The zero-order valence-corrected chi connectivity index (χ0v) is 21.8. The summed E-state index contributed by atoms with van der Waals surface area (Å²) >= 11 is 6.24. The van der Waals surface area contributed by atoms with E-state index in [0.717, 1.165) is 6.07 Å². The first-order valence-electron chi connectivity index (χ1n) is 12.0. The van der Waals surface area contributed by atoms with Crippen LogP contribution >= 0.6 is 11.6 Å². The summed E-state index contributed by atoms with van der Waals surface area (Å²) in [6.45, 7) is 1.82. The average molecular weight is 575 g/mol. The third-order valence-corrected chi connectivity index (χ3v) is 9.89. The van der Waals surface area contributed by atoms with Crippen LogP contribution in [0.15, 0.2) is 35.2 Å². The summed E-state index contributed by atoms with van der Waals surface area (Å²) in [5, 5.41) is 14.7. The van der Waals surface area contributed by atoms with E-state index >= 15 is 0 Å². The maximum Gasteiger partial charge on any atom is 0.407 e. The number of carbonyl (C=O) groups is 2. The quantitative estimate of drug-likeness (QED) is 0.420. The number of nitrogens with one attached hydrogen (secondary N) is 2. The van der Waals surface area contributed by atoms with Crippen molar-refractivity contribution in [3.05, 3.63) is 58.4 Å². The molecule has 0 heterocycles. The molecule has 0 radical (unpaired) electrons. The van der Waals surface area contributed by atoms with Crippen molar-refractivity contribution < 1.29 is 41.0 Å². The number of aliphatic hydroxyl groups is 1. The molecular weight excluding hydrogens is 549 g/mol. The number of rotatable bonds is 7. The minimum absolute atomic E-state index is 0.103. The number of halogens is 4. The Balaban J connectivity index is 1.54. The maximum atomic E-state index is 13.8. The highest BCUT2D eigenvalue weighted by atomic mass is 35.5. The van der Waals surface area contributed by atoms with Crippen molar-refractivity contribution in [1.29, 1.82) is 0 Å². The van der Waals surface area contributed by atoms with Gasteiger partial charge in [0.1, 0.15) is 6.61 Å². The topological polar surface area (TPSA) is 122 Å².